The van der Waals surface area contributed by atoms with Gasteiger partial charge in [-0.3, -0.25) is 9.59 Å². The van der Waals surface area contributed by atoms with Gasteiger partial charge in [0.1, 0.15) is 6.61 Å². The number of unbranched alkanes of at least 4 members (excludes halogenated alkanes) is 6. The predicted molar refractivity (Wildman–Crippen MR) is 127 cm³/mol. The number of rotatable bonds is 17. The second-order valence-corrected chi connectivity index (χ2v) is 8.28. The van der Waals surface area contributed by atoms with Gasteiger partial charge in [-0.15, -0.1) is 0 Å². The van der Waals surface area contributed by atoms with Crippen molar-refractivity contribution in [1.82, 2.24) is 5.32 Å². The maximum absolute atomic E-state index is 12.0. The van der Waals surface area contributed by atoms with Crippen molar-refractivity contribution in [3.05, 3.63) is 35.4 Å². The van der Waals surface area contributed by atoms with Gasteiger partial charge in [0.2, 0.25) is 5.91 Å². The molecule has 1 aromatic rings. The fraction of sp³-hybridized carbons (Fsp3) is 0.600. The summed E-state index contributed by atoms with van der Waals surface area (Å²) in [6.07, 6.45) is 7.44. The van der Waals surface area contributed by atoms with E-state index in [0.717, 1.165) is 44.9 Å². The van der Waals surface area contributed by atoms with Gasteiger partial charge in [-0.2, -0.15) is 0 Å². The van der Waals surface area contributed by atoms with Gasteiger partial charge < -0.3 is 25.6 Å². The molecule has 9 heteroatoms. The largest absolute Gasteiger partial charge is 0.480 e. The highest BCUT2D eigenvalue weighted by Gasteiger charge is 2.23. The molecule has 1 amide bonds. The minimum atomic E-state index is -1.32. The average Bonchev–Trinajstić information content (AvgIpc) is 2.82. The number of aliphatic carboxylic acids is 1. The monoisotopic (exact) mass is 478 g/mol. The molecule has 34 heavy (non-hydrogen) atoms. The van der Waals surface area contributed by atoms with Gasteiger partial charge >= 0.3 is 17.9 Å². The predicted octanol–water partition coefficient (Wildman–Crippen LogP) is 2.99. The van der Waals surface area contributed by atoms with Crippen molar-refractivity contribution >= 4 is 23.8 Å². The smallest absolute Gasteiger partial charge is 0.338 e. The van der Waals surface area contributed by atoms with Gasteiger partial charge in [-0.05, 0) is 43.9 Å². The van der Waals surface area contributed by atoms with E-state index in [1.165, 1.54) is 12.5 Å². The number of hydrogen-bond acceptors (Lipinski definition) is 7. The van der Waals surface area contributed by atoms with E-state index in [1.807, 2.05) is 12.1 Å². The second-order valence-electron chi connectivity index (χ2n) is 8.28. The molecule has 0 spiro atoms. The Morgan fingerprint density at radius 2 is 1.53 bits per heavy atom. The Kier molecular flexibility index (Phi) is 14.2. The fourth-order valence-corrected chi connectivity index (χ4v) is 3.11. The zero-order valence-corrected chi connectivity index (χ0v) is 20.2. The number of hydrogen-bond donors (Lipinski definition) is 3. The van der Waals surface area contributed by atoms with Crippen LogP contribution >= 0.6 is 0 Å². The SMILES string of the molecule is CCc1ccc(C(=O)OCCCCCCCCCC(=O)OC[C@H](NC(=O)[C@@H](C)N)C(=O)O)cc1. The third kappa shape index (κ3) is 12.3. The van der Waals surface area contributed by atoms with Gasteiger partial charge in [-0.1, -0.05) is 51.2 Å². The highest BCUT2D eigenvalue weighted by molar-refractivity contribution is 5.89. The molecule has 0 aliphatic heterocycles. The number of esters is 2. The molecule has 0 aliphatic carbocycles. The van der Waals surface area contributed by atoms with Gasteiger partial charge in [0.25, 0.3) is 0 Å². The molecule has 190 valence electrons. The number of ether oxygens (including phenoxy) is 2. The Balaban J connectivity index is 2.03. The lowest BCUT2D eigenvalue weighted by Gasteiger charge is -2.16. The number of carboxylic acid groups (broad SMARTS) is 1. The molecule has 0 radical (unpaired) electrons. The van der Waals surface area contributed by atoms with Crippen molar-refractivity contribution in [2.75, 3.05) is 13.2 Å². The van der Waals surface area contributed by atoms with Crippen molar-refractivity contribution in [1.29, 1.82) is 0 Å². The van der Waals surface area contributed by atoms with Gasteiger partial charge in [0.15, 0.2) is 6.04 Å². The van der Waals surface area contributed by atoms with Gasteiger partial charge in [-0.25, -0.2) is 9.59 Å². The Hall–Kier alpha value is -2.94. The van der Waals surface area contributed by atoms with E-state index in [0.29, 0.717) is 18.6 Å². The second kappa shape index (κ2) is 16.6. The van der Waals surface area contributed by atoms with Crippen LogP contribution in [0.3, 0.4) is 0 Å². The molecule has 0 aliphatic rings. The molecule has 0 heterocycles. The molecule has 0 saturated heterocycles. The number of carbonyl (C=O) groups is 4. The van der Waals surface area contributed by atoms with Crippen LogP contribution in [0.1, 0.15) is 81.1 Å². The molecule has 0 unspecified atom stereocenters. The molecule has 2 atom stereocenters. The van der Waals surface area contributed by atoms with E-state index < -0.39 is 36.5 Å². The van der Waals surface area contributed by atoms with E-state index in [4.69, 9.17) is 20.3 Å². The summed E-state index contributed by atoms with van der Waals surface area (Å²) in [6, 6.07) is 5.29. The van der Waals surface area contributed by atoms with Gasteiger partial charge in [0.05, 0.1) is 18.2 Å². The summed E-state index contributed by atoms with van der Waals surface area (Å²) in [5.74, 6) is -2.70. The van der Waals surface area contributed by atoms with Crippen LogP contribution in [0.2, 0.25) is 0 Å². The molecule has 1 rings (SSSR count). The van der Waals surface area contributed by atoms with E-state index >= 15 is 0 Å². The number of nitrogens with two attached hydrogens (primary N) is 1. The fourth-order valence-electron chi connectivity index (χ4n) is 3.11. The van der Waals surface area contributed by atoms with Crippen LogP contribution < -0.4 is 11.1 Å². The lowest BCUT2D eigenvalue weighted by atomic mass is 10.1. The number of benzene rings is 1. The molecule has 1 aromatic carbocycles. The molecular weight excluding hydrogens is 440 g/mol. The lowest BCUT2D eigenvalue weighted by Crippen LogP contribution is -2.49. The molecule has 0 saturated carbocycles. The quantitative estimate of drug-likeness (QED) is 0.229. The summed E-state index contributed by atoms with van der Waals surface area (Å²) in [5.41, 5.74) is 7.15. The Labute approximate surface area is 201 Å². The van der Waals surface area contributed by atoms with Crippen LogP contribution in [0.5, 0.6) is 0 Å². The zero-order valence-electron chi connectivity index (χ0n) is 20.2. The minimum Gasteiger partial charge on any atom is -0.480 e. The third-order valence-electron chi connectivity index (χ3n) is 5.30. The Bertz CT molecular complexity index is 778. The first-order valence-electron chi connectivity index (χ1n) is 11.9. The van der Waals surface area contributed by atoms with Crippen molar-refractivity contribution in [2.45, 2.75) is 83.7 Å². The highest BCUT2D eigenvalue weighted by atomic mass is 16.5. The Morgan fingerprint density at radius 3 is 2.09 bits per heavy atom. The van der Waals surface area contributed by atoms with Crippen LogP contribution in [-0.2, 0) is 30.3 Å². The van der Waals surface area contributed by atoms with Crippen LogP contribution in [0, 0.1) is 0 Å². The number of nitrogens with one attached hydrogen (secondary N) is 1. The number of carboxylic acids is 1. The zero-order chi connectivity index (χ0) is 25.3. The summed E-state index contributed by atoms with van der Waals surface area (Å²) in [4.78, 5) is 46.4. The molecule has 0 aromatic heterocycles. The first kappa shape index (κ1) is 29.1. The van der Waals surface area contributed by atoms with Crippen molar-refractivity contribution in [3.8, 4) is 0 Å². The normalized spacial score (nSPS) is 12.4. The van der Waals surface area contributed by atoms with Crippen LogP contribution in [0.25, 0.3) is 0 Å². The summed E-state index contributed by atoms with van der Waals surface area (Å²) < 4.78 is 10.3. The number of aryl methyl sites for hydroxylation is 1. The standard InChI is InChI=1S/C25H38N2O7/c1-3-19-12-14-20(15-13-19)25(32)33-16-10-8-6-4-5-7-9-11-22(28)34-17-21(24(30)31)27-23(29)18(2)26/h12-15,18,21H,3-11,16-17,26H2,1-2H3,(H,27,29)(H,30,31)/t18-,21+/m1/s1. The molecule has 0 fully saturated rings. The van der Waals surface area contributed by atoms with Crippen molar-refractivity contribution in [3.63, 3.8) is 0 Å². The number of carbonyl (C=O) groups excluding carboxylic acids is 3. The van der Waals surface area contributed by atoms with Gasteiger partial charge in [0, 0.05) is 6.42 Å². The summed E-state index contributed by atoms with van der Waals surface area (Å²) in [5, 5.41) is 11.3. The minimum absolute atomic E-state index is 0.197. The van der Waals surface area contributed by atoms with E-state index in [2.05, 4.69) is 12.2 Å². The maximum atomic E-state index is 12.0. The Morgan fingerprint density at radius 1 is 0.941 bits per heavy atom. The molecule has 9 nitrogen and oxygen atoms in total. The summed E-state index contributed by atoms with van der Waals surface area (Å²) >= 11 is 0. The summed E-state index contributed by atoms with van der Waals surface area (Å²) in [7, 11) is 0. The van der Waals surface area contributed by atoms with Crippen LogP contribution in [-0.4, -0.2) is 54.2 Å². The van der Waals surface area contributed by atoms with E-state index in [1.54, 1.807) is 12.1 Å². The lowest BCUT2D eigenvalue weighted by molar-refractivity contribution is -0.150. The summed E-state index contributed by atoms with van der Waals surface area (Å²) in [6.45, 7) is 3.47. The highest BCUT2D eigenvalue weighted by Crippen LogP contribution is 2.11. The van der Waals surface area contributed by atoms with Crippen molar-refractivity contribution < 1.29 is 33.8 Å². The molecule has 4 N–H and O–H groups in total. The molecular formula is C25H38N2O7. The maximum Gasteiger partial charge on any atom is 0.338 e. The first-order chi connectivity index (χ1) is 16.2. The average molecular weight is 479 g/mol. The first-order valence-corrected chi connectivity index (χ1v) is 11.9. The van der Waals surface area contributed by atoms with Crippen LogP contribution in [0.4, 0.5) is 0 Å². The van der Waals surface area contributed by atoms with E-state index in [-0.39, 0.29) is 12.4 Å². The van der Waals surface area contributed by atoms with Crippen molar-refractivity contribution in [2.24, 2.45) is 5.73 Å². The third-order valence-corrected chi connectivity index (χ3v) is 5.30. The van der Waals surface area contributed by atoms with Crippen LogP contribution in [0.15, 0.2) is 24.3 Å². The number of amides is 1. The topological polar surface area (TPSA) is 145 Å². The molecule has 0 bridgehead atoms. The van der Waals surface area contributed by atoms with E-state index in [9.17, 15) is 19.2 Å².